The van der Waals surface area contributed by atoms with Gasteiger partial charge in [-0.3, -0.25) is 0 Å². The molecule has 4 aromatic rings. The monoisotopic (exact) mass is 450 g/mol. The third-order valence-corrected chi connectivity index (χ3v) is 5.32. The number of methoxy groups -OCH3 is 1. The van der Waals surface area contributed by atoms with Gasteiger partial charge in [-0.2, -0.15) is 0 Å². The Morgan fingerprint density at radius 1 is 0.897 bits per heavy atom. The minimum atomic E-state index is 0.673. The molecule has 0 saturated heterocycles. The fourth-order valence-corrected chi connectivity index (χ4v) is 3.80. The molecule has 0 radical (unpaired) electrons. The van der Waals surface area contributed by atoms with Crippen LogP contribution in [-0.2, 0) is 6.54 Å². The van der Waals surface area contributed by atoms with Crippen LogP contribution >= 0.6 is 15.9 Å². The number of aryl methyl sites for hydroxylation is 1. The molecule has 0 atom stereocenters. The summed E-state index contributed by atoms with van der Waals surface area (Å²) >= 11 is 3.57. The van der Waals surface area contributed by atoms with E-state index >= 15 is 0 Å². The summed E-state index contributed by atoms with van der Waals surface area (Å²) in [7, 11) is 1.66. The number of hydrogen-bond donors (Lipinski definition) is 0. The number of unbranched alkanes of at least 4 members (excludes halogenated alkanes) is 1. The average Bonchev–Trinajstić information content (AvgIpc) is 3.12. The fourth-order valence-electron chi connectivity index (χ4n) is 3.40. The Labute approximate surface area is 179 Å². The molecule has 5 heteroatoms. The summed E-state index contributed by atoms with van der Waals surface area (Å²) in [6.45, 7) is 1.57. The van der Waals surface area contributed by atoms with Crippen LogP contribution in [0.25, 0.3) is 22.4 Å². The smallest absolute Gasteiger partial charge is 0.141 e. The zero-order valence-electron chi connectivity index (χ0n) is 16.3. The molecule has 0 fully saturated rings. The van der Waals surface area contributed by atoms with Crippen LogP contribution in [0, 0.1) is 0 Å². The number of halogens is 1. The average molecular weight is 451 g/mol. The van der Waals surface area contributed by atoms with Crippen molar-refractivity contribution >= 4 is 27.0 Å². The molecule has 0 amide bonds. The second kappa shape index (κ2) is 9.14. The first-order chi connectivity index (χ1) is 14.2. The van der Waals surface area contributed by atoms with Crippen molar-refractivity contribution in [3.63, 3.8) is 0 Å². The molecule has 1 aromatic heterocycles. The van der Waals surface area contributed by atoms with E-state index in [1.807, 2.05) is 42.5 Å². The summed E-state index contributed by atoms with van der Waals surface area (Å²) in [5.74, 6) is 2.65. The largest absolute Gasteiger partial charge is 0.497 e. The molecule has 0 aliphatic rings. The van der Waals surface area contributed by atoms with Crippen LogP contribution in [-0.4, -0.2) is 23.3 Å². The van der Waals surface area contributed by atoms with Gasteiger partial charge in [-0.1, -0.05) is 46.3 Å². The summed E-state index contributed by atoms with van der Waals surface area (Å²) < 4.78 is 14.5. The molecule has 3 aromatic carbocycles. The van der Waals surface area contributed by atoms with Crippen LogP contribution in [0.4, 0.5) is 0 Å². The molecule has 4 rings (SSSR count). The third kappa shape index (κ3) is 4.62. The van der Waals surface area contributed by atoms with Crippen molar-refractivity contribution in [2.45, 2.75) is 19.4 Å². The van der Waals surface area contributed by atoms with E-state index in [9.17, 15) is 0 Å². The van der Waals surface area contributed by atoms with Crippen molar-refractivity contribution in [2.75, 3.05) is 13.7 Å². The van der Waals surface area contributed by atoms with Gasteiger partial charge in [0.2, 0.25) is 0 Å². The summed E-state index contributed by atoms with van der Waals surface area (Å²) in [5.41, 5.74) is 3.30. The Morgan fingerprint density at radius 3 is 2.59 bits per heavy atom. The molecular formula is C24H23BrN2O2. The van der Waals surface area contributed by atoms with Gasteiger partial charge >= 0.3 is 0 Å². The van der Waals surface area contributed by atoms with Gasteiger partial charge in [-0.15, -0.1) is 0 Å². The van der Waals surface area contributed by atoms with Crippen LogP contribution in [0.2, 0.25) is 0 Å². The van der Waals surface area contributed by atoms with Crippen LogP contribution in [0.15, 0.2) is 77.3 Å². The maximum Gasteiger partial charge on any atom is 0.141 e. The van der Waals surface area contributed by atoms with Crippen molar-refractivity contribution < 1.29 is 9.47 Å². The first-order valence-electron chi connectivity index (χ1n) is 9.72. The number of ether oxygens (including phenoxy) is 2. The number of hydrogen-bond acceptors (Lipinski definition) is 3. The highest BCUT2D eigenvalue weighted by Gasteiger charge is 2.12. The molecule has 148 valence electrons. The van der Waals surface area contributed by atoms with Crippen molar-refractivity contribution in [3.8, 4) is 22.9 Å². The topological polar surface area (TPSA) is 36.3 Å². The predicted octanol–water partition coefficient (Wildman–Crippen LogP) is 6.33. The van der Waals surface area contributed by atoms with Gasteiger partial charge in [-0.25, -0.2) is 4.98 Å². The van der Waals surface area contributed by atoms with Crippen molar-refractivity contribution in [1.29, 1.82) is 0 Å². The van der Waals surface area contributed by atoms with Gasteiger partial charge in [0.05, 0.1) is 24.8 Å². The second-order valence-corrected chi connectivity index (χ2v) is 7.74. The van der Waals surface area contributed by atoms with Gasteiger partial charge in [0.25, 0.3) is 0 Å². The molecule has 0 spiro atoms. The number of fused-ring (bicyclic) bond motifs is 1. The summed E-state index contributed by atoms with van der Waals surface area (Å²) in [6, 6.07) is 24.3. The third-order valence-electron chi connectivity index (χ3n) is 4.82. The zero-order valence-corrected chi connectivity index (χ0v) is 17.9. The molecule has 0 aliphatic heterocycles. The fraction of sp³-hybridized carbons (Fsp3) is 0.208. The Morgan fingerprint density at radius 2 is 1.72 bits per heavy atom. The van der Waals surface area contributed by atoms with Gasteiger partial charge < -0.3 is 14.0 Å². The Hall–Kier alpha value is -2.79. The minimum absolute atomic E-state index is 0.673. The van der Waals surface area contributed by atoms with E-state index in [2.05, 4.69) is 50.8 Å². The summed E-state index contributed by atoms with van der Waals surface area (Å²) in [6.07, 6.45) is 1.97. The van der Waals surface area contributed by atoms with E-state index in [-0.39, 0.29) is 0 Å². The first kappa shape index (κ1) is 19.5. The van der Waals surface area contributed by atoms with Crippen molar-refractivity contribution in [3.05, 3.63) is 77.3 Å². The van der Waals surface area contributed by atoms with Gasteiger partial charge in [-0.05, 0) is 49.2 Å². The minimum Gasteiger partial charge on any atom is -0.497 e. The lowest BCUT2D eigenvalue weighted by Crippen LogP contribution is -2.04. The molecule has 0 unspecified atom stereocenters. The molecule has 0 bridgehead atoms. The normalized spacial score (nSPS) is 11.0. The SMILES string of the molecule is COc1cccc(OCCCCn2c(-c3cccc(Br)c3)nc3ccccc32)c1. The Balaban J connectivity index is 1.45. The Bertz CT molecular complexity index is 1110. The number of aromatic nitrogens is 2. The summed E-state index contributed by atoms with van der Waals surface area (Å²) in [4.78, 5) is 4.89. The highest BCUT2D eigenvalue weighted by Crippen LogP contribution is 2.27. The van der Waals surface area contributed by atoms with Crippen LogP contribution < -0.4 is 9.47 Å². The molecule has 0 saturated carbocycles. The molecular weight excluding hydrogens is 428 g/mol. The molecule has 0 aliphatic carbocycles. The van der Waals surface area contributed by atoms with Gasteiger partial charge in [0, 0.05) is 22.6 Å². The lowest BCUT2D eigenvalue weighted by atomic mass is 10.2. The maximum absolute atomic E-state index is 5.87. The first-order valence-corrected chi connectivity index (χ1v) is 10.5. The van der Waals surface area contributed by atoms with E-state index in [0.717, 1.165) is 57.8 Å². The predicted molar refractivity (Wildman–Crippen MR) is 121 cm³/mol. The van der Waals surface area contributed by atoms with Crippen LogP contribution in [0.3, 0.4) is 0 Å². The van der Waals surface area contributed by atoms with E-state index in [4.69, 9.17) is 14.5 Å². The van der Waals surface area contributed by atoms with Crippen molar-refractivity contribution in [1.82, 2.24) is 9.55 Å². The van der Waals surface area contributed by atoms with Crippen LogP contribution in [0.1, 0.15) is 12.8 Å². The molecule has 29 heavy (non-hydrogen) atoms. The second-order valence-electron chi connectivity index (χ2n) is 6.82. The number of para-hydroxylation sites is 2. The molecule has 0 N–H and O–H groups in total. The van der Waals surface area contributed by atoms with E-state index in [1.165, 1.54) is 0 Å². The quantitative estimate of drug-likeness (QED) is 0.294. The standard InChI is InChI=1S/C24H23BrN2O2/c1-28-20-10-7-11-21(17-20)29-15-5-4-14-27-23-13-3-2-12-22(23)26-24(27)18-8-6-9-19(25)16-18/h2-3,6-13,16-17H,4-5,14-15H2,1H3. The van der Waals surface area contributed by atoms with Gasteiger partial charge in [0.15, 0.2) is 0 Å². The lowest BCUT2D eigenvalue weighted by molar-refractivity contribution is 0.301. The zero-order chi connectivity index (χ0) is 20.1. The molecule has 4 nitrogen and oxygen atoms in total. The van der Waals surface area contributed by atoms with E-state index in [1.54, 1.807) is 7.11 Å². The van der Waals surface area contributed by atoms with Crippen LogP contribution in [0.5, 0.6) is 11.5 Å². The summed E-state index contributed by atoms with van der Waals surface area (Å²) in [5, 5.41) is 0. The maximum atomic E-state index is 5.87. The molecule has 1 heterocycles. The number of imidazole rings is 1. The Kier molecular flexibility index (Phi) is 6.15. The van der Waals surface area contributed by atoms with E-state index in [0.29, 0.717) is 6.61 Å². The highest BCUT2D eigenvalue weighted by atomic mass is 79.9. The van der Waals surface area contributed by atoms with Crippen molar-refractivity contribution in [2.24, 2.45) is 0 Å². The lowest BCUT2D eigenvalue weighted by Gasteiger charge is -2.11. The number of benzene rings is 3. The highest BCUT2D eigenvalue weighted by molar-refractivity contribution is 9.10. The van der Waals surface area contributed by atoms with E-state index < -0.39 is 0 Å². The van der Waals surface area contributed by atoms with Gasteiger partial charge in [0.1, 0.15) is 17.3 Å². The number of nitrogens with zero attached hydrogens (tertiary/aromatic N) is 2. The number of rotatable bonds is 8.